The van der Waals surface area contributed by atoms with Crippen LogP contribution in [0.2, 0.25) is 10.0 Å². The number of nitrogens with one attached hydrogen (secondary N) is 1. The van der Waals surface area contributed by atoms with Gasteiger partial charge in [-0.2, -0.15) is 0 Å². The van der Waals surface area contributed by atoms with E-state index in [1.807, 2.05) is 56.4 Å². The van der Waals surface area contributed by atoms with Crippen LogP contribution in [0, 0.1) is 0 Å². The smallest absolute Gasteiger partial charge is 0.162 e. The van der Waals surface area contributed by atoms with E-state index in [1.165, 1.54) is 0 Å². The number of nitrogens with zero attached hydrogens (tertiary/aromatic N) is 1. The van der Waals surface area contributed by atoms with Gasteiger partial charge in [-0.3, -0.25) is 4.79 Å². The average Bonchev–Trinajstić information content (AvgIpc) is 2.99. The SMILES string of the molecule is CN/C(C)=C/C=C(\C)SN1Cc2cc3c(cc2CC1C(C)=O)OCC(c1ccc(OCc2ccc(Cl)c(Cl)c2)cc1)O3. The fraction of sp³-hybridized carbons (Fsp3) is 0.303. The molecule has 3 aromatic carbocycles. The molecule has 2 aliphatic rings. The molecule has 0 aliphatic carbocycles. The summed E-state index contributed by atoms with van der Waals surface area (Å²) in [5, 5.41) is 4.16. The average molecular weight is 626 g/mol. The van der Waals surface area contributed by atoms with E-state index in [9.17, 15) is 4.79 Å². The van der Waals surface area contributed by atoms with Gasteiger partial charge >= 0.3 is 0 Å². The van der Waals surface area contributed by atoms with Crippen LogP contribution in [0.25, 0.3) is 0 Å². The van der Waals surface area contributed by atoms with E-state index in [0.29, 0.717) is 36.2 Å². The molecule has 220 valence electrons. The Morgan fingerprint density at radius 3 is 2.50 bits per heavy atom. The van der Waals surface area contributed by atoms with Crippen LogP contribution >= 0.6 is 35.1 Å². The molecular weight excluding hydrogens is 591 g/mol. The maximum Gasteiger partial charge on any atom is 0.162 e. The summed E-state index contributed by atoms with van der Waals surface area (Å²) in [6, 6.07) is 17.2. The highest BCUT2D eigenvalue weighted by atomic mass is 35.5. The van der Waals surface area contributed by atoms with Gasteiger partial charge in [-0.25, -0.2) is 4.31 Å². The zero-order valence-corrected chi connectivity index (χ0v) is 26.4. The van der Waals surface area contributed by atoms with Crippen LogP contribution in [-0.4, -0.2) is 29.8 Å². The van der Waals surface area contributed by atoms with Crippen LogP contribution in [0.5, 0.6) is 17.2 Å². The molecule has 6 nitrogen and oxygen atoms in total. The highest BCUT2D eigenvalue weighted by Gasteiger charge is 2.33. The molecule has 42 heavy (non-hydrogen) atoms. The van der Waals surface area contributed by atoms with Crippen molar-refractivity contribution < 1.29 is 19.0 Å². The number of carbonyl (C=O) groups excluding carboxylic acids is 1. The van der Waals surface area contributed by atoms with Crippen LogP contribution in [-0.2, 0) is 24.4 Å². The Labute approximate surface area is 261 Å². The zero-order chi connectivity index (χ0) is 29.8. The van der Waals surface area contributed by atoms with Crippen molar-refractivity contribution >= 4 is 40.9 Å². The monoisotopic (exact) mass is 624 g/mol. The molecule has 3 aromatic rings. The van der Waals surface area contributed by atoms with Gasteiger partial charge in [0.1, 0.15) is 24.7 Å². The van der Waals surface area contributed by atoms with Crippen molar-refractivity contribution in [3.63, 3.8) is 0 Å². The third-order valence-electron chi connectivity index (χ3n) is 7.35. The molecule has 0 amide bonds. The Morgan fingerprint density at radius 2 is 1.79 bits per heavy atom. The molecule has 0 radical (unpaired) electrons. The third-order valence-corrected chi connectivity index (χ3v) is 9.13. The van der Waals surface area contributed by atoms with Crippen molar-refractivity contribution in [1.29, 1.82) is 0 Å². The Kier molecular flexibility index (Phi) is 9.74. The third kappa shape index (κ3) is 7.27. The normalized spacial score (nSPS) is 18.8. The standard InChI is InChI=1S/C33H34Cl2N2O4S/c1-20(36-4)5-6-21(2)42-37-17-26-16-32-31(15-25(26)14-30(37)22(3)38)40-19-33(41-32)24-8-10-27(11-9-24)39-18-23-7-12-28(34)29(35)13-23/h5-13,15-16,30,33,36H,14,17-19H2,1-4H3/b20-5+,21-6+. The summed E-state index contributed by atoms with van der Waals surface area (Å²) in [5.74, 6) is 2.34. The molecule has 1 N–H and O–H groups in total. The number of allylic oxidation sites excluding steroid dienone is 4. The van der Waals surface area contributed by atoms with Crippen molar-refractivity contribution in [2.24, 2.45) is 0 Å². The fourth-order valence-electron chi connectivity index (χ4n) is 4.85. The molecule has 2 atom stereocenters. The lowest BCUT2D eigenvalue weighted by atomic mass is 9.93. The molecule has 0 saturated carbocycles. The van der Waals surface area contributed by atoms with Crippen molar-refractivity contribution in [2.75, 3.05) is 13.7 Å². The van der Waals surface area contributed by atoms with Crippen molar-refractivity contribution in [3.8, 4) is 17.2 Å². The molecule has 0 aromatic heterocycles. The molecule has 2 heterocycles. The molecule has 0 bridgehead atoms. The van der Waals surface area contributed by atoms with Gasteiger partial charge in [0.05, 0.1) is 16.1 Å². The van der Waals surface area contributed by atoms with Gasteiger partial charge in [0, 0.05) is 19.3 Å². The first-order chi connectivity index (χ1) is 20.2. The van der Waals surface area contributed by atoms with Crippen LogP contribution in [0.3, 0.4) is 0 Å². The van der Waals surface area contributed by atoms with Crippen LogP contribution in [0.1, 0.15) is 49.1 Å². The summed E-state index contributed by atoms with van der Waals surface area (Å²) in [7, 11) is 1.90. The Bertz CT molecular complexity index is 1520. The highest BCUT2D eigenvalue weighted by Crippen LogP contribution is 2.42. The van der Waals surface area contributed by atoms with E-state index in [1.54, 1.807) is 31.0 Å². The summed E-state index contributed by atoms with van der Waals surface area (Å²) < 4.78 is 20.7. The number of rotatable bonds is 9. The van der Waals surface area contributed by atoms with E-state index in [-0.39, 0.29) is 17.9 Å². The van der Waals surface area contributed by atoms with Crippen LogP contribution < -0.4 is 19.5 Å². The number of ketones is 1. The number of hydrogen-bond donors (Lipinski definition) is 1. The Morgan fingerprint density at radius 1 is 1.02 bits per heavy atom. The number of hydrogen-bond acceptors (Lipinski definition) is 7. The molecular formula is C33H34Cl2N2O4S. The second-order valence-electron chi connectivity index (χ2n) is 10.5. The number of benzene rings is 3. The Hall–Kier alpha value is -3.10. The first kappa shape index (κ1) is 30.4. The molecule has 2 aliphatic heterocycles. The maximum absolute atomic E-state index is 12.6. The quantitative estimate of drug-likeness (QED) is 0.191. The van der Waals surface area contributed by atoms with Crippen molar-refractivity contribution in [3.05, 3.63) is 110 Å². The molecule has 0 saturated heterocycles. The Balaban J connectivity index is 1.26. The first-order valence-electron chi connectivity index (χ1n) is 13.8. The lowest BCUT2D eigenvalue weighted by Gasteiger charge is -2.36. The summed E-state index contributed by atoms with van der Waals surface area (Å²) in [6.45, 7) is 7.17. The minimum absolute atomic E-state index is 0.155. The molecule has 9 heteroatoms. The van der Waals surface area contributed by atoms with Gasteiger partial charge in [0.25, 0.3) is 0 Å². The lowest BCUT2D eigenvalue weighted by molar-refractivity contribution is -0.120. The molecule has 2 unspecified atom stereocenters. The number of ether oxygens (including phenoxy) is 3. The summed E-state index contributed by atoms with van der Waals surface area (Å²) in [4.78, 5) is 13.7. The molecule has 5 rings (SSSR count). The van der Waals surface area contributed by atoms with E-state index in [2.05, 4.69) is 28.7 Å². The number of Topliss-reactive ketones (excluding diaryl/α,β-unsaturated/α-hetero) is 1. The minimum Gasteiger partial charge on any atom is -0.489 e. The summed E-state index contributed by atoms with van der Waals surface area (Å²) in [6.07, 6.45) is 4.51. The second kappa shape index (κ2) is 13.5. The van der Waals surface area contributed by atoms with Crippen molar-refractivity contribution in [2.45, 2.75) is 52.5 Å². The topological polar surface area (TPSA) is 60.0 Å². The van der Waals surface area contributed by atoms with E-state index < -0.39 is 0 Å². The second-order valence-corrected chi connectivity index (χ2v) is 12.6. The van der Waals surface area contributed by atoms with Gasteiger partial charge in [-0.05, 0) is 115 Å². The largest absolute Gasteiger partial charge is 0.489 e. The summed E-state index contributed by atoms with van der Waals surface area (Å²) in [5.41, 5.74) is 5.29. The number of carbonyl (C=O) groups is 1. The highest BCUT2D eigenvalue weighted by molar-refractivity contribution is 8.00. The number of fused-ring (bicyclic) bond motifs is 2. The fourth-order valence-corrected chi connectivity index (χ4v) is 6.22. The van der Waals surface area contributed by atoms with Crippen molar-refractivity contribution in [1.82, 2.24) is 9.62 Å². The maximum atomic E-state index is 12.6. The molecule has 0 spiro atoms. The van der Waals surface area contributed by atoms with E-state index >= 15 is 0 Å². The first-order valence-corrected chi connectivity index (χ1v) is 15.3. The zero-order valence-electron chi connectivity index (χ0n) is 24.1. The van der Waals surface area contributed by atoms with Crippen LogP contribution in [0.15, 0.2) is 77.4 Å². The number of halogens is 2. The summed E-state index contributed by atoms with van der Waals surface area (Å²) >= 11 is 13.7. The predicted octanol–water partition coefficient (Wildman–Crippen LogP) is 8.08. The van der Waals surface area contributed by atoms with E-state index in [0.717, 1.165) is 50.1 Å². The predicted molar refractivity (Wildman–Crippen MR) is 170 cm³/mol. The van der Waals surface area contributed by atoms with E-state index in [4.69, 9.17) is 37.4 Å². The lowest BCUT2D eigenvalue weighted by Crippen LogP contribution is -2.40. The van der Waals surface area contributed by atoms with Crippen LogP contribution in [0.4, 0.5) is 0 Å². The van der Waals surface area contributed by atoms with Gasteiger partial charge < -0.3 is 19.5 Å². The van der Waals surface area contributed by atoms with Gasteiger partial charge in [0.15, 0.2) is 17.6 Å². The van der Waals surface area contributed by atoms with Gasteiger partial charge in [-0.15, -0.1) is 0 Å². The van der Waals surface area contributed by atoms with Gasteiger partial charge in [0.2, 0.25) is 0 Å². The van der Waals surface area contributed by atoms with Gasteiger partial charge in [-0.1, -0.05) is 41.4 Å². The molecule has 0 fully saturated rings. The minimum atomic E-state index is -0.244.